The van der Waals surface area contributed by atoms with Crippen LogP contribution in [-0.4, -0.2) is 28.0 Å². The van der Waals surface area contributed by atoms with Gasteiger partial charge in [-0.2, -0.15) is 0 Å². The van der Waals surface area contributed by atoms with Crippen molar-refractivity contribution in [1.29, 1.82) is 0 Å². The molecule has 1 aliphatic heterocycles. The monoisotopic (exact) mass is 305 g/mol. The number of rotatable bonds is 5. The Morgan fingerprint density at radius 2 is 2.04 bits per heavy atom. The van der Waals surface area contributed by atoms with Crippen molar-refractivity contribution in [2.24, 2.45) is 5.92 Å². The fourth-order valence-electron chi connectivity index (χ4n) is 3.71. The van der Waals surface area contributed by atoms with Gasteiger partial charge in [-0.05, 0) is 55.0 Å². The fourth-order valence-corrected chi connectivity index (χ4v) is 3.71. The van der Waals surface area contributed by atoms with Crippen LogP contribution in [0.15, 0.2) is 54.9 Å². The average Bonchev–Trinajstić information content (AvgIpc) is 3.21. The maximum atomic E-state index is 4.38. The van der Waals surface area contributed by atoms with Crippen LogP contribution in [0.1, 0.15) is 24.0 Å². The third-order valence-electron chi connectivity index (χ3n) is 4.98. The summed E-state index contributed by atoms with van der Waals surface area (Å²) in [6.07, 6.45) is 7.73. The van der Waals surface area contributed by atoms with Crippen molar-refractivity contribution < 1.29 is 0 Å². The Morgan fingerprint density at radius 3 is 2.96 bits per heavy atom. The van der Waals surface area contributed by atoms with Crippen LogP contribution in [-0.2, 0) is 13.0 Å². The third-order valence-corrected chi connectivity index (χ3v) is 4.98. The van der Waals surface area contributed by atoms with Crippen molar-refractivity contribution >= 4 is 11.0 Å². The van der Waals surface area contributed by atoms with E-state index in [1.807, 2.05) is 12.3 Å². The normalized spacial score (nSPS) is 18.7. The molecule has 4 rings (SSSR count). The lowest BCUT2D eigenvalue weighted by molar-refractivity contribution is 0.313. The summed E-state index contributed by atoms with van der Waals surface area (Å²) in [5.41, 5.74) is 3.85. The molecule has 1 aliphatic rings. The lowest BCUT2D eigenvalue weighted by atomic mass is 9.99. The van der Waals surface area contributed by atoms with Crippen LogP contribution in [0.25, 0.3) is 11.0 Å². The number of aryl methyl sites for hydroxylation is 1. The SMILES string of the molecule is c1ccc(CN2CCC(CCc3c[nH]c4ncccc34)C2)cc1. The molecule has 1 unspecified atom stereocenters. The Morgan fingerprint density at radius 1 is 1.13 bits per heavy atom. The van der Waals surface area contributed by atoms with Gasteiger partial charge in [0.1, 0.15) is 5.65 Å². The number of pyridine rings is 1. The zero-order valence-corrected chi connectivity index (χ0v) is 13.4. The lowest BCUT2D eigenvalue weighted by Crippen LogP contribution is -2.20. The number of hydrogen-bond donors (Lipinski definition) is 1. The highest BCUT2D eigenvalue weighted by Crippen LogP contribution is 2.25. The van der Waals surface area contributed by atoms with Gasteiger partial charge in [0.2, 0.25) is 0 Å². The molecule has 0 bridgehead atoms. The standard InChI is InChI=1S/C20H23N3/c1-2-5-16(6-3-1)14-23-12-10-17(15-23)8-9-18-13-22-20-19(18)7-4-11-21-20/h1-7,11,13,17H,8-10,12,14-15H2,(H,21,22). The van der Waals surface area contributed by atoms with Crippen molar-refractivity contribution in [2.75, 3.05) is 13.1 Å². The largest absolute Gasteiger partial charge is 0.346 e. The predicted octanol–water partition coefficient (Wildman–Crippen LogP) is 4.02. The van der Waals surface area contributed by atoms with Crippen LogP contribution >= 0.6 is 0 Å². The summed E-state index contributed by atoms with van der Waals surface area (Å²) in [6.45, 7) is 3.55. The van der Waals surface area contributed by atoms with E-state index in [0.717, 1.165) is 24.5 Å². The van der Waals surface area contributed by atoms with Gasteiger partial charge in [-0.3, -0.25) is 4.90 Å². The van der Waals surface area contributed by atoms with Gasteiger partial charge in [0.25, 0.3) is 0 Å². The molecule has 3 heteroatoms. The van der Waals surface area contributed by atoms with E-state index in [2.05, 4.69) is 57.5 Å². The Balaban J connectivity index is 1.32. The van der Waals surface area contributed by atoms with Crippen molar-refractivity contribution in [2.45, 2.75) is 25.8 Å². The van der Waals surface area contributed by atoms with Crippen LogP contribution < -0.4 is 0 Å². The first-order valence-electron chi connectivity index (χ1n) is 8.56. The second kappa shape index (κ2) is 6.55. The molecule has 1 aromatic carbocycles. The number of fused-ring (bicyclic) bond motifs is 1. The van der Waals surface area contributed by atoms with Gasteiger partial charge >= 0.3 is 0 Å². The quantitative estimate of drug-likeness (QED) is 0.772. The highest BCUT2D eigenvalue weighted by molar-refractivity contribution is 5.79. The zero-order valence-electron chi connectivity index (χ0n) is 13.4. The van der Waals surface area contributed by atoms with Gasteiger partial charge in [-0.1, -0.05) is 30.3 Å². The number of H-pyrrole nitrogens is 1. The summed E-state index contributed by atoms with van der Waals surface area (Å²) >= 11 is 0. The summed E-state index contributed by atoms with van der Waals surface area (Å²) in [6, 6.07) is 15.0. The minimum absolute atomic E-state index is 0.820. The maximum absolute atomic E-state index is 4.38. The lowest BCUT2D eigenvalue weighted by Gasteiger charge is -2.16. The molecule has 118 valence electrons. The smallest absolute Gasteiger partial charge is 0.137 e. The van der Waals surface area contributed by atoms with E-state index in [0.29, 0.717) is 0 Å². The van der Waals surface area contributed by atoms with Gasteiger partial charge in [0.15, 0.2) is 0 Å². The summed E-state index contributed by atoms with van der Waals surface area (Å²) in [7, 11) is 0. The van der Waals surface area contributed by atoms with E-state index in [9.17, 15) is 0 Å². The Bertz CT molecular complexity index is 763. The minimum Gasteiger partial charge on any atom is -0.346 e. The van der Waals surface area contributed by atoms with E-state index in [4.69, 9.17) is 0 Å². The molecule has 0 aliphatic carbocycles. The zero-order chi connectivity index (χ0) is 15.5. The van der Waals surface area contributed by atoms with Gasteiger partial charge < -0.3 is 4.98 Å². The number of aromatic nitrogens is 2. The van der Waals surface area contributed by atoms with E-state index >= 15 is 0 Å². The van der Waals surface area contributed by atoms with Crippen molar-refractivity contribution in [1.82, 2.24) is 14.9 Å². The summed E-state index contributed by atoms with van der Waals surface area (Å²) in [4.78, 5) is 10.3. The molecule has 2 aromatic heterocycles. The summed E-state index contributed by atoms with van der Waals surface area (Å²) in [5.74, 6) is 0.820. The molecule has 23 heavy (non-hydrogen) atoms. The van der Waals surface area contributed by atoms with E-state index in [1.165, 1.54) is 42.4 Å². The highest BCUT2D eigenvalue weighted by Gasteiger charge is 2.22. The van der Waals surface area contributed by atoms with Crippen molar-refractivity contribution in [3.63, 3.8) is 0 Å². The molecule has 1 fully saturated rings. The molecule has 1 saturated heterocycles. The number of aromatic amines is 1. The molecular weight excluding hydrogens is 282 g/mol. The van der Waals surface area contributed by atoms with Crippen LogP contribution in [0, 0.1) is 5.92 Å². The Labute approximate surface area is 137 Å². The Hall–Kier alpha value is -2.13. The van der Waals surface area contributed by atoms with Gasteiger partial charge in [-0.25, -0.2) is 4.98 Å². The van der Waals surface area contributed by atoms with Crippen molar-refractivity contribution in [3.05, 3.63) is 66.0 Å². The molecule has 0 amide bonds. The highest BCUT2D eigenvalue weighted by atomic mass is 15.1. The summed E-state index contributed by atoms with van der Waals surface area (Å²) in [5, 5.41) is 1.28. The van der Waals surface area contributed by atoms with Crippen LogP contribution in [0.2, 0.25) is 0 Å². The number of likely N-dealkylation sites (tertiary alicyclic amines) is 1. The molecule has 0 saturated carbocycles. The number of nitrogens with one attached hydrogen (secondary N) is 1. The summed E-state index contributed by atoms with van der Waals surface area (Å²) < 4.78 is 0. The third kappa shape index (κ3) is 3.30. The fraction of sp³-hybridized carbons (Fsp3) is 0.350. The van der Waals surface area contributed by atoms with Crippen LogP contribution in [0.5, 0.6) is 0 Å². The van der Waals surface area contributed by atoms with Crippen LogP contribution in [0.4, 0.5) is 0 Å². The van der Waals surface area contributed by atoms with Gasteiger partial charge in [0, 0.05) is 30.9 Å². The second-order valence-corrected chi connectivity index (χ2v) is 6.63. The number of nitrogens with zero attached hydrogens (tertiary/aromatic N) is 2. The molecule has 3 heterocycles. The topological polar surface area (TPSA) is 31.9 Å². The van der Waals surface area contributed by atoms with Crippen LogP contribution in [0.3, 0.4) is 0 Å². The maximum Gasteiger partial charge on any atom is 0.137 e. The van der Waals surface area contributed by atoms with Gasteiger partial charge in [-0.15, -0.1) is 0 Å². The molecule has 3 nitrogen and oxygen atoms in total. The predicted molar refractivity (Wildman–Crippen MR) is 94.2 cm³/mol. The Kier molecular flexibility index (Phi) is 4.12. The first-order chi connectivity index (χ1) is 11.4. The second-order valence-electron chi connectivity index (χ2n) is 6.63. The number of benzene rings is 1. The number of hydrogen-bond acceptors (Lipinski definition) is 2. The molecule has 0 radical (unpaired) electrons. The molecule has 0 spiro atoms. The van der Waals surface area contributed by atoms with E-state index < -0.39 is 0 Å². The molecular formula is C20H23N3. The molecule has 1 atom stereocenters. The molecule has 1 N–H and O–H groups in total. The van der Waals surface area contributed by atoms with E-state index in [1.54, 1.807) is 0 Å². The van der Waals surface area contributed by atoms with Gasteiger partial charge in [0.05, 0.1) is 0 Å². The first kappa shape index (κ1) is 14.5. The first-order valence-corrected chi connectivity index (χ1v) is 8.56. The van der Waals surface area contributed by atoms with Crippen molar-refractivity contribution in [3.8, 4) is 0 Å². The minimum atomic E-state index is 0.820. The van der Waals surface area contributed by atoms with E-state index in [-0.39, 0.29) is 0 Å². The molecule has 3 aromatic rings. The average molecular weight is 305 g/mol.